The number of nitrogens with zero attached hydrogens (tertiary/aromatic N) is 2. The van der Waals surface area contributed by atoms with Gasteiger partial charge >= 0.3 is 0 Å². The fourth-order valence-corrected chi connectivity index (χ4v) is 1.36. The highest BCUT2D eigenvalue weighted by Gasteiger charge is 2.10. The van der Waals surface area contributed by atoms with E-state index in [4.69, 9.17) is 22.0 Å². The highest BCUT2D eigenvalue weighted by molar-refractivity contribution is 6.33. The second-order valence-corrected chi connectivity index (χ2v) is 3.21. The van der Waals surface area contributed by atoms with Gasteiger partial charge in [0.2, 0.25) is 5.82 Å². The predicted octanol–water partition coefficient (Wildman–Crippen LogP) is 1.78. The van der Waals surface area contributed by atoms with E-state index in [2.05, 4.69) is 15.0 Å². The Bertz CT molecular complexity index is 458. The van der Waals surface area contributed by atoms with Gasteiger partial charge in [0, 0.05) is 5.56 Å². The molecule has 0 bridgehead atoms. The standard InChI is InChI=1S/C9H8ClN3O2/c10-7-4-2-1-3-6(7)9-12-8(5-14-11)15-13-9/h1-4H,5,11H2. The fraction of sp³-hybridized carbons (Fsp3) is 0.111. The molecule has 0 saturated carbocycles. The van der Waals surface area contributed by atoms with Gasteiger partial charge < -0.3 is 4.52 Å². The maximum atomic E-state index is 5.97. The minimum Gasteiger partial charge on any atom is -0.336 e. The Kier molecular flexibility index (Phi) is 2.96. The minimum atomic E-state index is 0.0808. The molecule has 1 aromatic carbocycles. The van der Waals surface area contributed by atoms with E-state index in [0.717, 1.165) is 0 Å². The van der Waals surface area contributed by atoms with E-state index in [1.807, 2.05) is 12.1 Å². The maximum absolute atomic E-state index is 5.97. The van der Waals surface area contributed by atoms with Crippen LogP contribution in [-0.4, -0.2) is 10.1 Å². The molecule has 15 heavy (non-hydrogen) atoms. The van der Waals surface area contributed by atoms with Crippen LogP contribution in [0.4, 0.5) is 0 Å². The van der Waals surface area contributed by atoms with E-state index < -0.39 is 0 Å². The van der Waals surface area contributed by atoms with Crippen LogP contribution >= 0.6 is 11.6 Å². The highest BCUT2D eigenvalue weighted by atomic mass is 35.5. The smallest absolute Gasteiger partial charge is 0.255 e. The number of hydrogen-bond donors (Lipinski definition) is 1. The molecule has 6 heteroatoms. The van der Waals surface area contributed by atoms with Gasteiger partial charge in [-0.15, -0.1) is 0 Å². The first kappa shape index (κ1) is 10.1. The molecular weight excluding hydrogens is 218 g/mol. The van der Waals surface area contributed by atoms with Gasteiger partial charge in [-0.2, -0.15) is 4.98 Å². The van der Waals surface area contributed by atoms with E-state index in [0.29, 0.717) is 22.3 Å². The van der Waals surface area contributed by atoms with Gasteiger partial charge in [-0.05, 0) is 12.1 Å². The Hall–Kier alpha value is -1.43. The van der Waals surface area contributed by atoms with Crippen molar-refractivity contribution in [3.05, 3.63) is 35.2 Å². The normalized spacial score (nSPS) is 10.5. The zero-order valence-electron chi connectivity index (χ0n) is 7.68. The highest BCUT2D eigenvalue weighted by Crippen LogP contribution is 2.24. The van der Waals surface area contributed by atoms with Crippen molar-refractivity contribution in [1.29, 1.82) is 0 Å². The third-order valence-corrected chi connectivity index (χ3v) is 2.12. The molecule has 0 aliphatic heterocycles. The van der Waals surface area contributed by atoms with Gasteiger partial charge in [0.15, 0.2) is 0 Å². The number of nitrogens with two attached hydrogens (primary N) is 1. The van der Waals surface area contributed by atoms with E-state index in [1.165, 1.54) is 0 Å². The zero-order chi connectivity index (χ0) is 10.7. The topological polar surface area (TPSA) is 74.2 Å². The number of benzene rings is 1. The molecule has 0 fully saturated rings. The summed E-state index contributed by atoms with van der Waals surface area (Å²) < 4.78 is 4.89. The van der Waals surface area contributed by atoms with Crippen molar-refractivity contribution in [2.45, 2.75) is 6.61 Å². The van der Waals surface area contributed by atoms with E-state index >= 15 is 0 Å². The van der Waals surface area contributed by atoms with Crippen molar-refractivity contribution in [3.8, 4) is 11.4 Å². The summed E-state index contributed by atoms with van der Waals surface area (Å²) in [5.41, 5.74) is 0.714. The summed E-state index contributed by atoms with van der Waals surface area (Å²) in [6, 6.07) is 7.24. The van der Waals surface area contributed by atoms with E-state index in [-0.39, 0.29) is 6.61 Å². The Morgan fingerprint density at radius 2 is 2.20 bits per heavy atom. The van der Waals surface area contributed by atoms with Gasteiger partial charge in [0.05, 0.1) is 5.02 Å². The second-order valence-electron chi connectivity index (χ2n) is 2.80. The largest absolute Gasteiger partial charge is 0.336 e. The molecular formula is C9H8ClN3O2. The average Bonchev–Trinajstić information content (AvgIpc) is 2.68. The van der Waals surface area contributed by atoms with Crippen LogP contribution in [0.3, 0.4) is 0 Å². The third kappa shape index (κ3) is 2.15. The lowest BCUT2D eigenvalue weighted by molar-refractivity contribution is 0.0996. The van der Waals surface area contributed by atoms with Crippen molar-refractivity contribution in [2.24, 2.45) is 5.90 Å². The maximum Gasteiger partial charge on any atom is 0.255 e. The van der Waals surface area contributed by atoms with Gasteiger partial charge in [0.25, 0.3) is 5.89 Å². The minimum absolute atomic E-state index is 0.0808. The molecule has 0 spiro atoms. The van der Waals surface area contributed by atoms with Gasteiger partial charge in [-0.25, -0.2) is 5.90 Å². The number of halogens is 1. The van der Waals surface area contributed by atoms with Gasteiger partial charge in [0.1, 0.15) is 6.61 Å². The zero-order valence-corrected chi connectivity index (χ0v) is 8.44. The molecule has 1 heterocycles. The third-order valence-electron chi connectivity index (χ3n) is 1.79. The van der Waals surface area contributed by atoms with Crippen LogP contribution in [0, 0.1) is 0 Å². The number of rotatable bonds is 3. The summed E-state index contributed by atoms with van der Waals surface area (Å²) in [6.45, 7) is 0.0808. The Morgan fingerprint density at radius 1 is 1.40 bits per heavy atom. The van der Waals surface area contributed by atoms with Crippen LogP contribution in [0.15, 0.2) is 28.8 Å². The number of hydrogen-bond acceptors (Lipinski definition) is 5. The van der Waals surface area contributed by atoms with Gasteiger partial charge in [-0.3, -0.25) is 4.84 Å². The quantitative estimate of drug-likeness (QED) is 0.806. The first-order valence-corrected chi connectivity index (χ1v) is 4.58. The van der Waals surface area contributed by atoms with Crippen molar-refractivity contribution >= 4 is 11.6 Å². The number of aromatic nitrogens is 2. The first-order chi connectivity index (χ1) is 7.31. The molecule has 0 atom stereocenters. The molecule has 5 nitrogen and oxygen atoms in total. The lowest BCUT2D eigenvalue weighted by atomic mass is 10.2. The summed E-state index contributed by atoms with van der Waals surface area (Å²) in [5, 5.41) is 4.33. The van der Waals surface area contributed by atoms with E-state index in [9.17, 15) is 0 Å². The molecule has 78 valence electrons. The molecule has 0 amide bonds. The summed E-state index contributed by atoms with van der Waals surface area (Å²) in [4.78, 5) is 8.44. The van der Waals surface area contributed by atoms with Crippen molar-refractivity contribution in [1.82, 2.24) is 10.1 Å². The predicted molar refractivity (Wildman–Crippen MR) is 53.7 cm³/mol. The monoisotopic (exact) mass is 225 g/mol. The lowest BCUT2D eigenvalue weighted by Gasteiger charge is -1.95. The average molecular weight is 226 g/mol. The molecule has 0 aliphatic rings. The van der Waals surface area contributed by atoms with Crippen LogP contribution in [0.2, 0.25) is 5.02 Å². The second kappa shape index (κ2) is 4.39. The van der Waals surface area contributed by atoms with Crippen LogP contribution in [0.5, 0.6) is 0 Å². The van der Waals surface area contributed by atoms with Crippen LogP contribution < -0.4 is 5.90 Å². The lowest BCUT2D eigenvalue weighted by Crippen LogP contribution is -1.98. The first-order valence-electron chi connectivity index (χ1n) is 4.20. The molecule has 0 radical (unpaired) electrons. The summed E-state index contributed by atoms with van der Waals surface area (Å²) in [5.74, 6) is 5.62. The van der Waals surface area contributed by atoms with Gasteiger partial charge in [-0.1, -0.05) is 28.9 Å². The molecule has 0 aliphatic carbocycles. The Labute approximate surface area is 90.7 Å². The molecule has 2 rings (SSSR count). The molecule has 0 unspecified atom stereocenters. The summed E-state index contributed by atoms with van der Waals surface area (Å²) in [6.07, 6.45) is 0. The Morgan fingerprint density at radius 3 is 2.93 bits per heavy atom. The molecule has 2 N–H and O–H groups in total. The van der Waals surface area contributed by atoms with Crippen molar-refractivity contribution in [3.63, 3.8) is 0 Å². The fourth-order valence-electron chi connectivity index (χ4n) is 1.14. The molecule has 0 saturated heterocycles. The molecule has 1 aromatic heterocycles. The van der Waals surface area contributed by atoms with Crippen molar-refractivity contribution < 1.29 is 9.36 Å². The van der Waals surface area contributed by atoms with Crippen LogP contribution in [-0.2, 0) is 11.4 Å². The SMILES string of the molecule is NOCc1nc(-c2ccccc2Cl)no1. The van der Waals surface area contributed by atoms with E-state index in [1.54, 1.807) is 12.1 Å². The molecule has 2 aromatic rings. The van der Waals surface area contributed by atoms with Crippen molar-refractivity contribution in [2.75, 3.05) is 0 Å². The van der Waals surface area contributed by atoms with Crippen LogP contribution in [0.1, 0.15) is 5.89 Å². The Balaban J connectivity index is 2.33. The summed E-state index contributed by atoms with van der Waals surface area (Å²) in [7, 11) is 0. The van der Waals surface area contributed by atoms with Crippen LogP contribution in [0.25, 0.3) is 11.4 Å². The summed E-state index contributed by atoms with van der Waals surface area (Å²) >= 11 is 5.97.